The molecule has 9 nitrogen and oxygen atoms in total. The summed E-state index contributed by atoms with van der Waals surface area (Å²) in [6.45, 7) is 6.00. The summed E-state index contributed by atoms with van der Waals surface area (Å²) >= 11 is 6.18. The summed E-state index contributed by atoms with van der Waals surface area (Å²) < 4.78 is 23.2. The summed E-state index contributed by atoms with van der Waals surface area (Å²) in [6.07, 6.45) is -0.406. The van der Waals surface area contributed by atoms with E-state index in [1.807, 2.05) is 24.3 Å². The van der Waals surface area contributed by atoms with E-state index in [4.69, 9.17) is 40.6 Å². The van der Waals surface area contributed by atoms with Gasteiger partial charge in [-0.15, -0.1) is 0 Å². The van der Waals surface area contributed by atoms with Gasteiger partial charge in [-0.25, -0.2) is 4.99 Å². The molecule has 44 heavy (non-hydrogen) atoms. The van der Waals surface area contributed by atoms with E-state index in [0.717, 1.165) is 5.56 Å². The number of hydrogen-bond acceptors (Lipinski definition) is 8. The molecule has 0 saturated heterocycles. The summed E-state index contributed by atoms with van der Waals surface area (Å²) in [7, 11) is 1.56. The second-order valence-electron chi connectivity index (χ2n) is 11.5. The molecular weight excluding hydrogens is 584 g/mol. The van der Waals surface area contributed by atoms with Gasteiger partial charge in [-0.2, -0.15) is 0 Å². The lowest BCUT2D eigenvalue weighted by Crippen LogP contribution is -2.48. The molecule has 1 aliphatic rings. The Morgan fingerprint density at radius 2 is 1.80 bits per heavy atom. The maximum absolute atomic E-state index is 14.3. The van der Waals surface area contributed by atoms with E-state index >= 15 is 0 Å². The second kappa shape index (κ2) is 14.6. The number of aliphatic imine (C=N–C) groups is 1. The molecule has 1 heterocycles. The molecule has 0 unspecified atom stereocenters. The minimum absolute atomic E-state index is 0.0248. The van der Waals surface area contributed by atoms with Crippen LogP contribution in [0.25, 0.3) is 0 Å². The SMILES string of the molecule is COc1cccc([C@H]2OC(c3ccc(OCCCO)cc3)=N[C@@]2(CCC(=O)OC(C)(C)C)C(=O)NCc2cccc(Cl)c2)c1. The van der Waals surface area contributed by atoms with Gasteiger partial charge in [0.05, 0.1) is 13.7 Å². The molecule has 2 N–H and O–H groups in total. The number of methoxy groups -OCH3 is 1. The maximum atomic E-state index is 14.3. The van der Waals surface area contributed by atoms with Crippen molar-refractivity contribution in [3.63, 3.8) is 0 Å². The van der Waals surface area contributed by atoms with Crippen LogP contribution >= 0.6 is 11.6 Å². The molecule has 1 aliphatic heterocycles. The number of carbonyl (C=O) groups is 2. The zero-order valence-electron chi connectivity index (χ0n) is 25.5. The number of benzene rings is 3. The highest BCUT2D eigenvalue weighted by molar-refractivity contribution is 6.30. The number of aliphatic hydroxyl groups excluding tert-OH is 1. The average molecular weight is 623 g/mol. The van der Waals surface area contributed by atoms with Crippen molar-refractivity contribution in [2.75, 3.05) is 20.3 Å². The van der Waals surface area contributed by atoms with E-state index in [9.17, 15) is 9.59 Å². The quantitative estimate of drug-likeness (QED) is 0.183. The Hall–Kier alpha value is -4.08. The zero-order chi connectivity index (χ0) is 31.7. The van der Waals surface area contributed by atoms with Crippen molar-refractivity contribution in [2.45, 2.75) is 63.8 Å². The van der Waals surface area contributed by atoms with Gasteiger partial charge in [0.1, 0.15) is 17.1 Å². The molecule has 3 aromatic carbocycles. The second-order valence-corrected chi connectivity index (χ2v) is 11.9. The van der Waals surface area contributed by atoms with E-state index in [0.29, 0.717) is 40.7 Å². The lowest BCUT2D eigenvalue weighted by Gasteiger charge is -2.31. The van der Waals surface area contributed by atoms with E-state index in [1.54, 1.807) is 76.4 Å². The Bertz CT molecular complexity index is 1470. The lowest BCUT2D eigenvalue weighted by atomic mass is 9.83. The van der Waals surface area contributed by atoms with Crippen LogP contribution < -0.4 is 14.8 Å². The fourth-order valence-electron chi connectivity index (χ4n) is 4.84. The molecule has 4 rings (SSSR count). The number of ether oxygens (including phenoxy) is 4. The highest BCUT2D eigenvalue weighted by Gasteiger charge is 2.53. The number of amides is 1. The lowest BCUT2D eigenvalue weighted by molar-refractivity contribution is -0.155. The summed E-state index contributed by atoms with van der Waals surface area (Å²) in [5.41, 5.74) is -0.102. The third-order valence-corrected chi connectivity index (χ3v) is 7.13. The van der Waals surface area contributed by atoms with Gasteiger partial charge in [-0.05, 0) is 86.8 Å². The maximum Gasteiger partial charge on any atom is 0.306 e. The van der Waals surface area contributed by atoms with E-state index in [-0.39, 0.29) is 31.9 Å². The van der Waals surface area contributed by atoms with Crippen LogP contribution in [0.15, 0.2) is 77.8 Å². The van der Waals surface area contributed by atoms with Gasteiger partial charge in [-0.1, -0.05) is 35.9 Å². The van der Waals surface area contributed by atoms with Crippen LogP contribution in [0.1, 0.15) is 62.8 Å². The zero-order valence-corrected chi connectivity index (χ0v) is 26.2. The first-order valence-corrected chi connectivity index (χ1v) is 14.9. The van der Waals surface area contributed by atoms with Crippen molar-refractivity contribution < 1.29 is 33.6 Å². The molecule has 0 spiro atoms. The predicted molar refractivity (Wildman–Crippen MR) is 168 cm³/mol. The fourth-order valence-corrected chi connectivity index (χ4v) is 5.06. The van der Waals surface area contributed by atoms with Crippen LogP contribution in [0.4, 0.5) is 0 Å². The van der Waals surface area contributed by atoms with Crippen LogP contribution in [0.5, 0.6) is 11.5 Å². The summed E-state index contributed by atoms with van der Waals surface area (Å²) in [5.74, 6) is 0.608. The number of nitrogens with one attached hydrogen (secondary N) is 1. The number of aliphatic hydroxyl groups is 1. The van der Waals surface area contributed by atoms with E-state index < -0.39 is 29.1 Å². The van der Waals surface area contributed by atoms with Crippen molar-refractivity contribution in [2.24, 2.45) is 4.99 Å². The number of rotatable bonds is 13. The van der Waals surface area contributed by atoms with Gasteiger partial charge < -0.3 is 29.4 Å². The van der Waals surface area contributed by atoms with Crippen molar-refractivity contribution in [1.29, 1.82) is 0 Å². The molecule has 234 valence electrons. The Kier molecular flexibility index (Phi) is 10.9. The van der Waals surface area contributed by atoms with Gasteiger partial charge in [0.2, 0.25) is 5.90 Å². The molecule has 0 aliphatic carbocycles. The fraction of sp³-hybridized carbons (Fsp3) is 0.382. The van der Waals surface area contributed by atoms with Crippen molar-refractivity contribution >= 4 is 29.4 Å². The summed E-state index contributed by atoms with van der Waals surface area (Å²) in [4.78, 5) is 32.2. The number of hydrogen-bond donors (Lipinski definition) is 2. The Balaban J connectivity index is 1.74. The van der Waals surface area contributed by atoms with Gasteiger partial charge in [0, 0.05) is 36.6 Å². The van der Waals surface area contributed by atoms with Gasteiger partial charge >= 0.3 is 5.97 Å². The van der Waals surface area contributed by atoms with Crippen LogP contribution in [-0.4, -0.2) is 54.3 Å². The van der Waals surface area contributed by atoms with Crippen molar-refractivity contribution in [3.8, 4) is 11.5 Å². The highest BCUT2D eigenvalue weighted by atomic mass is 35.5. The first-order chi connectivity index (χ1) is 21.0. The number of carbonyl (C=O) groups excluding carboxylic acids is 2. The standard InChI is InChI=1S/C34H39ClN2O7/c1-33(2,3)44-29(39)16-17-34(32(40)36-22-23-8-5-10-26(35)20-23)30(25-9-6-11-28(21-25)41-4)43-31(37-34)24-12-14-27(15-13-24)42-19-7-18-38/h5-6,8-15,20-21,30,38H,7,16-19,22H2,1-4H3,(H,36,40)/t30-,34-/m1/s1. The van der Waals surface area contributed by atoms with Crippen LogP contribution in [-0.2, 0) is 25.6 Å². The molecule has 2 atom stereocenters. The minimum atomic E-state index is -1.52. The molecule has 0 radical (unpaired) electrons. The Labute approximate surface area is 263 Å². The molecule has 0 bridgehead atoms. The number of nitrogens with zero attached hydrogens (tertiary/aromatic N) is 1. The van der Waals surface area contributed by atoms with Gasteiger partial charge in [0.25, 0.3) is 5.91 Å². The topological polar surface area (TPSA) is 116 Å². The van der Waals surface area contributed by atoms with Crippen molar-refractivity contribution in [3.05, 3.63) is 94.5 Å². The summed E-state index contributed by atoms with van der Waals surface area (Å²) in [6, 6.07) is 21.6. The average Bonchev–Trinajstić information content (AvgIpc) is 3.39. The Morgan fingerprint density at radius 1 is 1.05 bits per heavy atom. The number of esters is 1. The molecular formula is C34H39ClN2O7. The van der Waals surface area contributed by atoms with Crippen LogP contribution in [0, 0.1) is 0 Å². The molecule has 10 heteroatoms. The molecule has 0 saturated carbocycles. The summed E-state index contributed by atoms with van der Waals surface area (Å²) in [5, 5.41) is 12.6. The molecule has 0 fully saturated rings. The van der Waals surface area contributed by atoms with Gasteiger partial charge in [-0.3, -0.25) is 9.59 Å². The van der Waals surface area contributed by atoms with Crippen LogP contribution in [0.3, 0.4) is 0 Å². The Morgan fingerprint density at radius 3 is 2.48 bits per heavy atom. The predicted octanol–water partition coefficient (Wildman–Crippen LogP) is 5.81. The van der Waals surface area contributed by atoms with Crippen molar-refractivity contribution in [1.82, 2.24) is 5.32 Å². The monoisotopic (exact) mass is 622 g/mol. The highest BCUT2D eigenvalue weighted by Crippen LogP contribution is 2.44. The van der Waals surface area contributed by atoms with Gasteiger partial charge in [0.15, 0.2) is 11.6 Å². The van der Waals surface area contributed by atoms with E-state index in [1.165, 1.54) is 0 Å². The molecule has 0 aromatic heterocycles. The molecule has 1 amide bonds. The first kappa shape index (κ1) is 32.8. The third kappa shape index (κ3) is 8.51. The molecule has 3 aromatic rings. The van der Waals surface area contributed by atoms with Crippen LogP contribution in [0.2, 0.25) is 5.02 Å². The number of halogens is 1. The minimum Gasteiger partial charge on any atom is -0.497 e. The first-order valence-electron chi connectivity index (χ1n) is 14.5. The largest absolute Gasteiger partial charge is 0.497 e. The normalized spacial score (nSPS) is 17.8. The van der Waals surface area contributed by atoms with E-state index in [2.05, 4.69) is 5.32 Å². The third-order valence-electron chi connectivity index (χ3n) is 6.90. The smallest absolute Gasteiger partial charge is 0.306 e.